The van der Waals surface area contributed by atoms with Crippen LogP contribution in [0.2, 0.25) is 0 Å². The van der Waals surface area contributed by atoms with Gasteiger partial charge in [0.15, 0.2) is 0 Å². The molecule has 1 aromatic carbocycles. The third-order valence-electron chi connectivity index (χ3n) is 2.40. The summed E-state index contributed by atoms with van der Waals surface area (Å²) in [6.45, 7) is 0. The minimum absolute atomic E-state index is 0.141. The number of aromatic carboxylic acids is 1. The summed E-state index contributed by atoms with van der Waals surface area (Å²) in [6.07, 6.45) is 0. The minimum atomic E-state index is -4.08. The molecule has 0 fully saturated rings. The van der Waals surface area contributed by atoms with Crippen molar-refractivity contribution >= 4 is 38.7 Å². The van der Waals surface area contributed by atoms with Crippen molar-refractivity contribution in [2.75, 3.05) is 4.72 Å². The Balaban J connectivity index is 2.37. The monoisotopic (exact) mass is 328 g/mol. The number of nitrogens with one attached hydrogen (secondary N) is 1. The maximum Gasteiger partial charge on any atom is 0.345 e. The summed E-state index contributed by atoms with van der Waals surface area (Å²) in [5, 5.41) is 19.6. The molecule has 0 atom stereocenters. The lowest BCUT2D eigenvalue weighted by Crippen LogP contribution is -2.12. The Morgan fingerprint density at radius 3 is 2.48 bits per heavy atom. The molecule has 8 nitrogen and oxygen atoms in total. The lowest BCUT2D eigenvalue weighted by molar-refractivity contribution is -0.383. The molecule has 0 saturated heterocycles. The molecule has 2 rings (SSSR count). The standard InChI is InChI=1S/C11H8N2O6S2/c14-11(15)9-5-6-10(20-9)21(18,19)12-7-3-1-2-4-8(7)13(16)17/h1-6,12H,(H,14,15). The van der Waals surface area contributed by atoms with Gasteiger partial charge in [-0.3, -0.25) is 14.8 Å². The van der Waals surface area contributed by atoms with Gasteiger partial charge >= 0.3 is 5.97 Å². The van der Waals surface area contributed by atoms with Crippen molar-refractivity contribution in [1.82, 2.24) is 0 Å². The van der Waals surface area contributed by atoms with Crippen molar-refractivity contribution < 1.29 is 23.2 Å². The molecule has 0 spiro atoms. The van der Waals surface area contributed by atoms with E-state index < -0.39 is 26.6 Å². The quantitative estimate of drug-likeness (QED) is 0.639. The molecule has 110 valence electrons. The Labute approximate surface area is 122 Å². The second kappa shape index (κ2) is 5.50. The molecule has 0 amide bonds. The zero-order valence-corrected chi connectivity index (χ0v) is 11.8. The van der Waals surface area contributed by atoms with Crippen molar-refractivity contribution in [2.24, 2.45) is 0 Å². The summed E-state index contributed by atoms with van der Waals surface area (Å²) in [5.41, 5.74) is -0.580. The average Bonchev–Trinajstić information content (AvgIpc) is 2.89. The Hall–Kier alpha value is -2.46. The smallest absolute Gasteiger partial charge is 0.345 e. The van der Waals surface area contributed by atoms with E-state index in [0.717, 1.165) is 18.2 Å². The van der Waals surface area contributed by atoms with Crippen molar-refractivity contribution in [3.05, 3.63) is 51.4 Å². The predicted octanol–water partition coefficient (Wildman–Crippen LogP) is 2.16. The number of nitro groups is 1. The van der Waals surface area contributed by atoms with Gasteiger partial charge < -0.3 is 5.11 Å². The number of benzene rings is 1. The van der Waals surface area contributed by atoms with Crippen LogP contribution in [0.3, 0.4) is 0 Å². The van der Waals surface area contributed by atoms with Crippen LogP contribution < -0.4 is 4.72 Å². The molecule has 10 heteroatoms. The van der Waals surface area contributed by atoms with Gasteiger partial charge in [-0.05, 0) is 18.2 Å². The topological polar surface area (TPSA) is 127 Å². The number of carboxylic acids is 1. The number of nitrogens with zero attached hydrogens (tertiary/aromatic N) is 1. The highest BCUT2D eigenvalue weighted by molar-refractivity contribution is 7.94. The van der Waals surface area contributed by atoms with E-state index >= 15 is 0 Å². The van der Waals surface area contributed by atoms with Gasteiger partial charge in [-0.15, -0.1) is 11.3 Å². The van der Waals surface area contributed by atoms with E-state index in [1.807, 2.05) is 0 Å². The summed E-state index contributed by atoms with van der Waals surface area (Å²) in [5.74, 6) is -1.24. The summed E-state index contributed by atoms with van der Waals surface area (Å²) < 4.78 is 26.0. The third kappa shape index (κ3) is 3.17. The highest BCUT2D eigenvalue weighted by Gasteiger charge is 2.22. The third-order valence-corrected chi connectivity index (χ3v) is 5.33. The van der Waals surface area contributed by atoms with Crippen LogP contribution >= 0.6 is 11.3 Å². The lowest BCUT2D eigenvalue weighted by atomic mass is 10.3. The van der Waals surface area contributed by atoms with Crippen LogP contribution in [-0.2, 0) is 10.0 Å². The van der Waals surface area contributed by atoms with Gasteiger partial charge in [0.05, 0.1) is 4.92 Å². The second-order valence-corrected chi connectivity index (χ2v) is 6.80. The number of hydrogen-bond acceptors (Lipinski definition) is 6. The minimum Gasteiger partial charge on any atom is -0.477 e. The zero-order valence-electron chi connectivity index (χ0n) is 10.2. The maximum absolute atomic E-state index is 12.1. The van der Waals surface area contributed by atoms with Gasteiger partial charge in [-0.2, -0.15) is 0 Å². The number of anilines is 1. The van der Waals surface area contributed by atoms with Gasteiger partial charge in [0.1, 0.15) is 14.8 Å². The van der Waals surface area contributed by atoms with Crippen molar-refractivity contribution in [1.29, 1.82) is 0 Å². The van der Waals surface area contributed by atoms with Crippen LogP contribution in [0.15, 0.2) is 40.6 Å². The first-order valence-corrected chi connectivity index (χ1v) is 7.70. The molecule has 2 N–H and O–H groups in total. The van der Waals surface area contributed by atoms with Gasteiger partial charge in [-0.25, -0.2) is 13.2 Å². The Morgan fingerprint density at radius 2 is 1.90 bits per heavy atom. The van der Waals surface area contributed by atoms with Crippen LogP contribution in [0.4, 0.5) is 11.4 Å². The fourth-order valence-corrected chi connectivity index (χ4v) is 3.71. The zero-order chi connectivity index (χ0) is 15.6. The molecule has 2 aromatic rings. The number of rotatable bonds is 5. The van der Waals surface area contributed by atoms with E-state index in [-0.39, 0.29) is 14.8 Å². The van der Waals surface area contributed by atoms with Crippen LogP contribution in [0.1, 0.15) is 9.67 Å². The van der Waals surface area contributed by atoms with Crippen molar-refractivity contribution in [3.8, 4) is 0 Å². The number of hydrogen-bond donors (Lipinski definition) is 2. The average molecular weight is 328 g/mol. The summed E-state index contributed by atoms with van der Waals surface area (Å²) in [6, 6.07) is 7.55. The SMILES string of the molecule is O=C(O)c1ccc(S(=O)(=O)Nc2ccccc2[N+](=O)[O-])s1. The van der Waals surface area contributed by atoms with Crippen LogP contribution in [0, 0.1) is 10.1 Å². The normalized spacial score (nSPS) is 11.0. The van der Waals surface area contributed by atoms with Crippen LogP contribution in [-0.4, -0.2) is 24.4 Å². The fourth-order valence-electron chi connectivity index (χ4n) is 1.49. The van der Waals surface area contributed by atoms with Crippen molar-refractivity contribution in [3.63, 3.8) is 0 Å². The maximum atomic E-state index is 12.1. The first kappa shape index (κ1) is 14.9. The molecule has 0 unspecified atom stereocenters. The largest absolute Gasteiger partial charge is 0.477 e. The molecule has 0 saturated carbocycles. The van der Waals surface area contributed by atoms with Crippen LogP contribution in [0.5, 0.6) is 0 Å². The van der Waals surface area contributed by atoms with E-state index in [9.17, 15) is 23.3 Å². The van der Waals surface area contributed by atoms with Crippen LogP contribution in [0.25, 0.3) is 0 Å². The summed E-state index contributed by atoms with van der Waals surface area (Å²) >= 11 is 0.562. The molecule has 1 aromatic heterocycles. The van der Waals surface area contributed by atoms with E-state index in [1.54, 1.807) is 0 Å². The number of nitro benzene ring substituents is 1. The number of para-hydroxylation sites is 2. The highest BCUT2D eigenvalue weighted by Crippen LogP contribution is 2.28. The van der Waals surface area contributed by atoms with Gasteiger partial charge in [0.25, 0.3) is 15.7 Å². The van der Waals surface area contributed by atoms with Gasteiger partial charge in [0.2, 0.25) is 0 Å². The first-order valence-electron chi connectivity index (χ1n) is 5.40. The molecular weight excluding hydrogens is 320 g/mol. The number of carboxylic acid groups (broad SMARTS) is 1. The highest BCUT2D eigenvalue weighted by atomic mass is 32.2. The Morgan fingerprint density at radius 1 is 1.24 bits per heavy atom. The number of carbonyl (C=O) groups is 1. The molecule has 0 aliphatic heterocycles. The lowest BCUT2D eigenvalue weighted by Gasteiger charge is -2.06. The first-order chi connectivity index (χ1) is 9.81. The second-order valence-electron chi connectivity index (χ2n) is 3.80. The fraction of sp³-hybridized carbons (Fsp3) is 0. The Kier molecular flexibility index (Phi) is 3.91. The number of thiophene rings is 1. The van der Waals surface area contributed by atoms with E-state index in [0.29, 0.717) is 11.3 Å². The molecular formula is C11H8N2O6S2. The van der Waals surface area contributed by atoms with Gasteiger partial charge in [0, 0.05) is 6.07 Å². The molecule has 0 aliphatic rings. The van der Waals surface area contributed by atoms with Crippen molar-refractivity contribution in [2.45, 2.75) is 4.21 Å². The number of sulfonamides is 1. The Bertz CT molecular complexity index is 812. The summed E-state index contributed by atoms with van der Waals surface area (Å²) in [4.78, 5) is 20.7. The van der Waals surface area contributed by atoms with E-state index in [1.165, 1.54) is 18.2 Å². The molecule has 1 heterocycles. The summed E-state index contributed by atoms with van der Waals surface area (Å²) in [7, 11) is -4.08. The van der Waals surface area contributed by atoms with Gasteiger partial charge in [-0.1, -0.05) is 12.1 Å². The molecule has 0 bridgehead atoms. The molecule has 0 aliphatic carbocycles. The molecule has 21 heavy (non-hydrogen) atoms. The van der Waals surface area contributed by atoms with E-state index in [4.69, 9.17) is 5.11 Å². The van der Waals surface area contributed by atoms with E-state index in [2.05, 4.69) is 4.72 Å². The molecule has 0 radical (unpaired) electrons. The predicted molar refractivity (Wildman–Crippen MR) is 75.2 cm³/mol.